The van der Waals surface area contributed by atoms with Crippen LogP contribution in [0.3, 0.4) is 0 Å². The molecule has 0 unspecified atom stereocenters. The van der Waals surface area contributed by atoms with E-state index >= 15 is 0 Å². The van der Waals surface area contributed by atoms with Gasteiger partial charge in [0.2, 0.25) is 5.56 Å². The number of nitrogens with one attached hydrogen (secondary N) is 2. The number of H-pyrrole nitrogens is 1. The normalized spacial score (nSPS) is 10.1. The van der Waals surface area contributed by atoms with E-state index in [9.17, 15) is 9.59 Å². The number of aromatic nitrogens is 1. The molecule has 2 aromatic rings. The Hall–Kier alpha value is -2.56. The van der Waals surface area contributed by atoms with Gasteiger partial charge in [-0.2, -0.15) is 0 Å². The van der Waals surface area contributed by atoms with Crippen LogP contribution in [0.5, 0.6) is 5.75 Å². The van der Waals surface area contributed by atoms with Crippen LogP contribution in [0.1, 0.15) is 15.9 Å². The van der Waals surface area contributed by atoms with Gasteiger partial charge in [0.25, 0.3) is 5.91 Å². The molecule has 1 aromatic heterocycles. The van der Waals surface area contributed by atoms with Crippen LogP contribution >= 0.6 is 0 Å². The number of hydrogen-bond donors (Lipinski definition) is 3. The number of phenols is 1. The molecule has 0 radical (unpaired) electrons. The summed E-state index contributed by atoms with van der Waals surface area (Å²) in [6, 6.07) is 9.62. The maximum Gasteiger partial charge on any atom is 0.251 e. The second kappa shape index (κ2) is 5.86. The number of amides is 1. The number of pyridine rings is 1. The van der Waals surface area contributed by atoms with Gasteiger partial charge in [-0.3, -0.25) is 9.59 Å². The Kier molecular flexibility index (Phi) is 3.97. The van der Waals surface area contributed by atoms with E-state index in [4.69, 9.17) is 5.11 Å². The van der Waals surface area contributed by atoms with Gasteiger partial charge in [0, 0.05) is 24.4 Å². The van der Waals surface area contributed by atoms with E-state index in [1.807, 2.05) is 0 Å². The highest BCUT2D eigenvalue weighted by molar-refractivity contribution is 5.93. The molecule has 0 aliphatic rings. The minimum Gasteiger partial charge on any atom is -0.508 e. The van der Waals surface area contributed by atoms with Crippen molar-refractivity contribution in [3.05, 3.63) is 64.1 Å². The molecule has 0 aliphatic carbocycles. The summed E-state index contributed by atoms with van der Waals surface area (Å²) in [7, 11) is 0. The second-order valence-electron chi connectivity index (χ2n) is 4.11. The first-order valence-corrected chi connectivity index (χ1v) is 5.90. The van der Waals surface area contributed by atoms with Crippen LogP contribution in [0.15, 0.2) is 47.4 Å². The third-order valence-electron chi connectivity index (χ3n) is 2.67. The molecule has 2 rings (SSSR count). The van der Waals surface area contributed by atoms with Crippen molar-refractivity contribution in [1.29, 1.82) is 0 Å². The van der Waals surface area contributed by atoms with Gasteiger partial charge in [-0.05, 0) is 30.2 Å². The topological polar surface area (TPSA) is 82.2 Å². The highest BCUT2D eigenvalue weighted by Crippen LogP contribution is 2.09. The van der Waals surface area contributed by atoms with E-state index in [1.54, 1.807) is 30.3 Å². The number of phenolic OH excluding ortho intramolecular Hbond substituents is 1. The van der Waals surface area contributed by atoms with Gasteiger partial charge in [-0.15, -0.1) is 0 Å². The van der Waals surface area contributed by atoms with Crippen molar-refractivity contribution >= 4 is 5.91 Å². The van der Waals surface area contributed by atoms with E-state index in [0.29, 0.717) is 18.5 Å². The van der Waals surface area contributed by atoms with Crippen LogP contribution < -0.4 is 10.9 Å². The van der Waals surface area contributed by atoms with Gasteiger partial charge in [-0.25, -0.2) is 0 Å². The van der Waals surface area contributed by atoms with Crippen LogP contribution in [-0.2, 0) is 6.42 Å². The molecule has 0 bridgehead atoms. The summed E-state index contributed by atoms with van der Waals surface area (Å²) in [6.45, 7) is 0.469. The zero-order valence-electron chi connectivity index (χ0n) is 10.2. The van der Waals surface area contributed by atoms with Crippen LogP contribution in [0.2, 0.25) is 0 Å². The first kappa shape index (κ1) is 12.9. The lowest BCUT2D eigenvalue weighted by Crippen LogP contribution is -2.26. The number of aromatic amines is 1. The van der Waals surface area contributed by atoms with Crippen molar-refractivity contribution in [2.75, 3.05) is 6.54 Å². The highest BCUT2D eigenvalue weighted by atomic mass is 16.3. The van der Waals surface area contributed by atoms with Crippen molar-refractivity contribution in [3.8, 4) is 5.75 Å². The lowest BCUT2D eigenvalue weighted by atomic mass is 10.1. The van der Waals surface area contributed by atoms with E-state index in [-0.39, 0.29) is 17.2 Å². The largest absolute Gasteiger partial charge is 0.508 e. The summed E-state index contributed by atoms with van der Waals surface area (Å²) in [4.78, 5) is 25.3. The molecular weight excluding hydrogens is 244 g/mol. The molecule has 0 fully saturated rings. The quantitative estimate of drug-likeness (QED) is 0.766. The number of carbonyl (C=O) groups is 1. The van der Waals surface area contributed by atoms with Gasteiger partial charge >= 0.3 is 0 Å². The zero-order chi connectivity index (χ0) is 13.7. The highest BCUT2D eigenvalue weighted by Gasteiger charge is 2.04. The molecule has 1 amide bonds. The number of hydrogen-bond acceptors (Lipinski definition) is 3. The number of carbonyl (C=O) groups excluding carboxylic acids is 1. The third-order valence-corrected chi connectivity index (χ3v) is 2.67. The van der Waals surface area contributed by atoms with Crippen molar-refractivity contribution < 1.29 is 9.90 Å². The molecule has 5 heteroatoms. The molecule has 98 valence electrons. The molecule has 1 heterocycles. The molecule has 0 aliphatic heterocycles. The van der Waals surface area contributed by atoms with Gasteiger partial charge < -0.3 is 15.4 Å². The average Bonchev–Trinajstić information content (AvgIpc) is 2.41. The summed E-state index contributed by atoms with van der Waals surface area (Å²) in [5.74, 6) is -0.0545. The Morgan fingerprint density at radius 2 is 1.95 bits per heavy atom. The first-order chi connectivity index (χ1) is 9.15. The number of aromatic hydroxyl groups is 1. The summed E-state index contributed by atoms with van der Waals surface area (Å²) in [6.07, 6.45) is 2.10. The minimum absolute atomic E-state index is 0.219. The maximum absolute atomic E-state index is 11.7. The summed E-state index contributed by atoms with van der Waals surface area (Å²) in [5, 5.41) is 11.9. The van der Waals surface area contributed by atoms with Crippen LogP contribution in [0.25, 0.3) is 0 Å². The van der Waals surface area contributed by atoms with Gasteiger partial charge in [0.05, 0.1) is 0 Å². The lowest BCUT2D eigenvalue weighted by molar-refractivity contribution is 0.0954. The predicted octanol–water partition coefficient (Wildman–Crippen LogP) is 1.05. The molecule has 0 spiro atoms. The fraction of sp³-hybridized carbons (Fsp3) is 0.143. The molecule has 0 saturated carbocycles. The molecule has 5 nitrogen and oxygen atoms in total. The maximum atomic E-state index is 11.7. The standard InChI is InChI=1S/C14H14N2O3/c17-12-3-1-10(2-4-12)5-7-16-14(19)11-6-8-15-13(18)9-11/h1-4,6,8-9,17H,5,7H2,(H,15,18)(H,16,19). The summed E-state index contributed by atoms with van der Waals surface area (Å²) < 4.78 is 0. The number of rotatable bonds is 4. The minimum atomic E-state index is -0.300. The Bertz CT molecular complexity index is 617. The average molecular weight is 258 g/mol. The van der Waals surface area contributed by atoms with Crippen molar-refractivity contribution in [3.63, 3.8) is 0 Å². The second-order valence-corrected chi connectivity index (χ2v) is 4.11. The Morgan fingerprint density at radius 3 is 2.63 bits per heavy atom. The van der Waals surface area contributed by atoms with E-state index in [0.717, 1.165) is 5.56 Å². The third kappa shape index (κ3) is 3.70. The van der Waals surface area contributed by atoms with E-state index < -0.39 is 0 Å². The van der Waals surface area contributed by atoms with E-state index in [1.165, 1.54) is 12.3 Å². The van der Waals surface area contributed by atoms with Gasteiger partial charge in [0.1, 0.15) is 5.75 Å². The number of benzene rings is 1. The Morgan fingerprint density at radius 1 is 1.21 bits per heavy atom. The van der Waals surface area contributed by atoms with Crippen molar-refractivity contribution in [1.82, 2.24) is 10.3 Å². The van der Waals surface area contributed by atoms with Crippen molar-refractivity contribution in [2.24, 2.45) is 0 Å². The monoisotopic (exact) mass is 258 g/mol. The van der Waals surface area contributed by atoms with Crippen LogP contribution in [0, 0.1) is 0 Å². The summed E-state index contributed by atoms with van der Waals surface area (Å²) in [5.41, 5.74) is 1.06. The molecule has 1 aromatic carbocycles. The predicted molar refractivity (Wildman–Crippen MR) is 71.2 cm³/mol. The smallest absolute Gasteiger partial charge is 0.251 e. The van der Waals surface area contributed by atoms with Crippen LogP contribution in [0.4, 0.5) is 0 Å². The first-order valence-electron chi connectivity index (χ1n) is 5.90. The fourth-order valence-corrected chi connectivity index (χ4v) is 1.67. The Labute approximate surface area is 109 Å². The molecule has 19 heavy (non-hydrogen) atoms. The molecular formula is C14H14N2O3. The van der Waals surface area contributed by atoms with Gasteiger partial charge in [0.15, 0.2) is 0 Å². The molecule has 3 N–H and O–H groups in total. The Balaban J connectivity index is 1.87. The molecule has 0 saturated heterocycles. The van der Waals surface area contributed by atoms with Crippen molar-refractivity contribution in [2.45, 2.75) is 6.42 Å². The van der Waals surface area contributed by atoms with Gasteiger partial charge in [-0.1, -0.05) is 12.1 Å². The SMILES string of the molecule is O=C(NCCc1ccc(O)cc1)c1cc[nH]c(=O)c1. The lowest BCUT2D eigenvalue weighted by Gasteiger charge is -2.05. The zero-order valence-corrected chi connectivity index (χ0v) is 10.2. The van der Waals surface area contributed by atoms with Crippen LogP contribution in [-0.4, -0.2) is 22.5 Å². The fourth-order valence-electron chi connectivity index (χ4n) is 1.67. The molecule has 0 atom stereocenters. The summed E-state index contributed by atoms with van der Waals surface area (Å²) >= 11 is 0. The van der Waals surface area contributed by atoms with E-state index in [2.05, 4.69) is 10.3 Å².